The van der Waals surface area contributed by atoms with Crippen molar-refractivity contribution in [2.75, 3.05) is 13.1 Å². The third-order valence-electron chi connectivity index (χ3n) is 3.33. The van der Waals surface area contributed by atoms with Gasteiger partial charge in [-0.1, -0.05) is 23.7 Å². The van der Waals surface area contributed by atoms with Crippen LogP contribution in [-0.2, 0) is 11.2 Å². The van der Waals surface area contributed by atoms with Crippen LogP contribution < -0.4 is 5.32 Å². The number of halogens is 1. The number of nitrogens with one attached hydrogen (secondary N) is 1. The van der Waals surface area contributed by atoms with E-state index in [9.17, 15) is 4.79 Å². The van der Waals surface area contributed by atoms with Gasteiger partial charge < -0.3 is 5.32 Å². The van der Waals surface area contributed by atoms with Gasteiger partial charge >= 0.3 is 0 Å². The van der Waals surface area contributed by atoms with E-state index in [0.717, 1.165) is 37.1 Å². The van der Waals surface area contributed by atoms with Crippen LogP contribution in [0.2, 0.25) is 5.02 Å². The Kier molecular flexibility index (Phi) is 4.19. The molecule has 1 heterocycles. The van der Waals surface area contributed by atoms with Crippen LogP contribution >= 0.6 is 11.6 Å². The molecule has 2 nitrogen and oxygen atoms in total. The van der Waals surface area contributed by atoms with Crippen molar-refractivity contribution in [2.24, 2.45) is 5.92 Å². The number of ketones is 1. The molecule has 0 spiro atoms. The zero-order valence-corrected chi connectivity index (χ0v) is 10.9. The highest BCUT2D eigenvalue weighted by Gasteiger charge is 2.21. The average molecular weight is 252 g/mol. The fraction of sp³-hybridized carbons (Fsp3) is 0.500. The minimum absolute atomic E-state index is 0.168. The molecule has 0 amide bonds. The minimum atomic E-state index is 0.168. The predicted molar refractivity (Wildman–Crippen MR) is 70.5 cm³/mol. The lowest BCUT2D eigenvalue weighted by Gasteiger charge is -2.21. The molecule has 0 bridgehead atoms. The van der Waals surface area contributed by atoms with Crippen molar-refractivity contribution >= 4 is 17.4 Å². The molecule has 1 aliphatic rings. The summed E-state index contributed by atoms with van der Waals surface area (Å²) in [7, 11) is 0. The predicted octanol–water partition coefficient (Wildman–Crippen LogP) is 2.76. The summed E-state index contributed by atoms with van der Waals surface area (Å²) in [5.74, 6) is 0.476. The van der Waals surface area contributed by atoms with Crippen LogP contribution in [0.1, 0.15) is 24.0 Å². The van der Waals surface area contributed by atoms with Gasteiger partial charge in [0, 0.05) is 23.9 Å². The summed E-state index contributed by atoms with van der Waals surface area (Å²) in [6, 6.07) is 5.89. The zero-order chi connectivity index (χ0) is 12.3. The Labute approximate surface area is 107 Å². The van der Waals surface area contributed by atoms with E-state index in [1.807, 2.05) is 25.1 Å². The van der Waals surface area contributed by atoms with Crippen molar-refractivity contribution in [2.45, 2.75) is 26.2 Å². The number of aryl methyl sites for hydroxylation is 1. The van der Waals surface area contributed by atoms with Crippen molar-refractivity contribution in [3.05, 3.63) is 34.3 Å². The summed E-state index contributed by atoms with van der Waals surface area (Å²) >= 11 is 6.14. The van der Waals surface area contributed by atoms with E-state index in [4.69, 9.17) is 11.6 Å². The van der Waals surface area contributed by atoms with Crippen molar-refractivity contribution in [3.8, 4) is 0 Å². The molecule has 1 unspecified atom stereocenters. The van der Waals surface area contributed by atoms with Crippen LogP contribution in [0.25, 0.3) is 0 Å². The summed E-state index contributed by atoms with van der Waals surface area (Å²) in [5.41, 5.74) is 2.08. The fourth-order valence-corrected chi connectivity index (χ4v) is 2.56. The number of Topliss-reactive ketones (excluding diaryl/α,β-unsaturated/α-hetero) is 1. The first-order valence-electron chi connectivity index (χ1n) is 6.15. The number of carbonyl (C=O) groups is 1. The molecule has 1 aliphatic heterocycles. The Morgan fingerprint density at radius 3 is 3.00 bits per heavy atom. The Morgan fingerprint density at radius 2 is 2.35 bits per heavy atom. The van der Waals surface area contributed by atoms with E-state index in [0.29, 0.717) is 17.2 Å². The lowest BCUT2D eigenvalue weighted by Crippen LogP contribution is -2.35. The summed E-state index contributed by atoms with van der Waals surface area (Å²) in [6.07, 6.45) is 2.57. The van der Waals surface area contributed by atoms with Crippen molar-refractivity contribution < 1.29 is 4.79 Å². The van der Waals surface area contributed by atoms with Crippen LogP contribution in [0.15, 0.2) is 18.2 Å². The van der Waals surface area contributed by atoms with Crippen molar-refractivity contribution in [1.29, 1.82) is 0 Å². The van der Waals surface area contributed by atoms with Crippen molar-refractivity contribution in [1.82, 2.24) is 5.32 Å². The van der Waals surface area contributed by atoms with Gasteiger partial charge in [-0.3, -0.25) is 4.79 Å². The molecule has 0 aliphatic carbocycles. The quantitative estimate of drug-likeness (QED) is 0.895. The molecule has 2 rings (SSSR count). The molecule has 92 valence electrons. The fourth-order valence-electron chi connectivity index (χ4n) is 2.25. The molecule has 0 radical (unpaired) electrons. The molecule has 1 atom stereocenters. The van der Waals surface area contributed by atoms with Gasteiger partial charge in [0.2, 0.25) is 0 Å². The molecule has 1 N–H and O–H groups in total. The monoisotopic (exact) mass is 251 g/mol. The van der Waals surface area contributed by atoms with E-state index in [1.165, 1.54) is 0 Å². The Hall–Kier alpha value is -0.860. The minimum Gasteiger partial charge on any atom is -0.316 e. The molecule has 1 saturated heterocycles. The van der Waals surface area contributed by atoms with Crippen LogP contribution in [0, 0.1) is 12.8 Å². The highest BCUT2D eigenvalue weighted by Crippen LogP contribution is 2.21. The summed E-state index contributed by atoms with van der Waals surface area (Å²) < 4.78 is 0. The largest absolute Gasteiger partial charge is 0.316 e. The summed E-state index contributed by atoms with van der Waals surface area (Å²) in [5, 5.41) is 3.98. The third-order valence-corrected chi connectivity index (χ3v) is 3.68. The highest BCUT2D eigenvalue weighted by molar-refractivity contribution is 6.31. The number of rotatable bonds is 3. The van der Waals surface area contributed by atoms with E-state index in [2.05, 4.69) is 5.32 Å². The number of carbonyl (C=O) groups excluding carboxylic acids is 1. The second-order valence-electron chi connectivity index (χ2n) is 4.78. The zero-order valence-electron chi connectivity index (χ0n) is 10.1. The normalized spacial score (nSPS) is 20.2. The number of benzene rings is 1. The van der Waals surface area contributed by atoms with Gasteiger partial charge in [-0.05, 0) is 43.5 Å². The molecule has 1 aromatic rings. The highest BCUT2D eigenvalue weighted by atomic mass is 35.5. The third kappa shape index (κ3) is 3.30. The van der Waals surface area contributed by atoms with Gasteiger partial charge in [-0.25, -0.2) is 0 Å². The van der Waals surface area contributed by atoms with Gasteiger partial charge in [-0.2, -0.15) is 0 Å². The van der Waals surface area contributed by atoms with Crippen LogP contribution in [0.5, 0.6) is 0 Å². The van der Waals surface area contributed by atoms with Crippen LogP contribution in [0.4, 0.5) is 0 Å². The number of hydrogen-bond acceptors (Lipinski definition) is 2. The first-order valence-corrected chi connectivity index (χ1v) is 6.53. The standard InChI is InChI=1S/C14H18ClNO/c1-10-4-5-11(13(15)7-10)8-14(17)12-3-2-6-16-9-12/h4-5,7,12,16H,2-3,6,8-9H2,1H3. The maximum atomic E-state index is 12.1. The topological polar surface area (TPSA) is 29.1 Å². The average Bonchev–Trinajstić information content (AvgIpc) is 2.34. The van der Waals surface area contributed by atoms with Gasteiger partial charge in [0.1, 0.15) is 5.78 Å². The maximum Gasteiger partial charge on any atom is 0.141 e. The molecular formula is C14H18ClNO. The first kappa shape index (κ1) is 12.6. The molecule has 17 heavy (non-hydrogen) atoms. The molecule has 1 fully saturated rings. The van der Waals surface area contributed by atoms with Crippen molar-refractivity contribution in [3.63, 3.8) is 0 Å². The van der Waals surface area contributed by atoms with Crippen LogP contribution in [0.3, 0.4) is 0 Å². The molecular weight excluding hydrogens is 234 g/mol. The molecule has 1 aromatic carbocycles. The second kappa shape index (κ2) is 5.65. The SMILES string of the molecule is Cc1ccc(CC(=O)C2CCCNC2)c(Cl)c1. The molecule has 0 saturated carbocycles. The van der Waals surface area contributed by atoms with E-state index in [-0.39, 0.29) is 5.92 Å². The second-order valence-corrected chi connectivity index (χ2v) is 5.19. The van der Waals surface area contributed by atoms with E-state index >= 15 is 0 Å². The Bertz CT molecular complexity index is 411. The Balaban J connectivity index is 2.02. The Morgan fingerprint density at radius 1 is 1.53 bits per heavy atom. The van der Waals surface area contributed by atoms with E-state index < -0.39 is 0 Å². The van der Waals surface area contributed by atoms with Gasteiger partial charge in [0.25, 0.3) is 0 Å². The lowest BCUT2D eigenvalue weighted by atomic mass is 9.91. The summed E-state index contributed by atoms with van der Waals surface area (Å²) in [4.78, 5) is 12.1. The van der Waals surface area contributed by atoms with Crippen LogP contribution in [-0.4, -0.2) is 18.9 Å². The number of hydrogen-bond donors (Lipinski definition) is 1. The van der Waals surface area contributed by atoms with E-state index in [1.54, 1.807) is 0 Å². The first-order chi connectivity index (χ1) is 8.16. The van der Waals surface area contributed by atoms with Gasteiger partial charge in [0.05, 0.1) is 0 Å². The van der Waals surface area contributed by atoms with Gasteiger partial charge in [0.15, 0.2) is 0 Å². The van der Waals surface area contributed by atoms with Gasteiger partial charge in [-0.15, -0.1) is 0 Å². The molecule has 0 aromatic heterocycles. The maximum absolute atomic E-state index is 12.1. The smallest absolute Gasteiger partial charge is 0.141 e. The summed E-state index contributed by atoms with van der Waals surface area (Å²) in [6.45, 7) is 3.86. The molecule has 3 heteroatoms. The lowest BCUT2D eigenvalue weighted by molar-refractivity contribution is -0.122. The number of piperidine rings is 1.